The highest BCUT2D eigenvalue weighted by atomic mass is 32.2. The van der Waals surface area contributed by atoms with Crippen molar-refractivity contribution in [2.24, 2.45) is 5.41 Å². The molecular weight excluding hydrogens is 216 g/mol. The molecule has 1 aliphatic carbocycles. The Morgan fingerprint density at radius 2 is 1.53 bits per heavy atom. The summed E-state index contributed by atoms with van der Waals surface area (Å²) in [6.45, 7) is 5.50. The van der Waals surface area contributed by atoms with E-state index in [1.165, 1.54) is 0 Å². The highest BCUT2D eigenvalue weighted by molar-refractivity contribution is 8.00. The van der Waals surface area contributed by atoms with Crippen molar-refractivity contribution in [1.82, 2.24) is 0 Å². The molecule has 1 saturated carbocycles. The molecule has 1 spiro atoms. The Kier molecular flexibility index (Phi) is 1.73. The molecule has 4 nitrogen and oxygen atoms in total. The molecule has 3 aliphatic rings. The molecule has 2 atom stereocenters. The fraction of sp³-hybridized carbons (Fsp3) is 1.00. The number of hydrogen-bond acceptors (Lipinski definition) is 4. The van der Waals surface area contributed by atoms with Gasteiger partial charge in [0.1, 0.15) is 0 Å². The monoisotopic (exact) mass is 232 g/mol. The molecule has 0 radical (unpaired) electrons. The van der Waals surface area contributed by atoms with Gasteiger partial charge in [-0.15, -0.1) is 0 Å². The van der Waals surface area contributed by atoms with Crippen LogP contribution in [0.2, 0.25) is 0 Å². The van der Waals surface area contributed by atoms with Crippen LogP contribution in [0.15, 0.2) is 0 Å². The largest absolute Gasteiger partial charge is 0.349 e. The number of rotatable bonds is 0. The summed E-state index contributed by atoms with van der Waals surface area (Å²) >= 11 is 0. The Labute approximate surface area is 89.9 Å². The first-order valence-electron chi connectivity index (χ1n) is 5.35. The lowest BCUT2D eigenvalue weighted by Gasteiger charge is -2.42. The molecule has 0 N–H and O–H groups in total. The van der Waals surface area contributed by atoms with Gasteiger partial charge in [0.25, 0.3) is 0 Å². The molecule has 86 valence electrons. The molecule has 0 aromatic rings. The van der Waals surface area contributed by atoms with E-state index >= 15 is 0 Å². The van der Waals surface area contributed by atoms with Gasteiger partial charge in [-0.3, -0.25) is 0 Å². The zero-order chi connectivity index (χ0) is 10.9. The number of sulfone groups is 1. The fourth-order valence-electron chi connectivity index (χ4n) is 2.55. The maximum atomic E-state index is 11.3. The standard InChI is InChI=1S/C10H16O4S/c1-9(2)5-13-10(14-6-9)3-7-8(4-10)15(7,11)12/h7-8H,3-6H2,1-2H3. The summed E-state index contributed by atoms with van der Waals surface area (Å²) in [7, 11) is -2.76. The highest BCUT2D eigenvalue weighted by Gasteiger charge is 2.69. The minimum absolute atomic E-state index is 0.0525. The van der Waals surface area contributed by atoms with Gasteiger partial charge in [-0.2, -0.15) is 0 Å². The Hall–Kier alpha value is -0.130. The second kappa shape index (κ2) is 2.57. The third-order valence-electron chi connectivity index (χ3n) is 3.66. The van der Waals surface area contributed by atoms with E-state index in [4.69, 9.17) is 9.47 Å². The van der Waals surface area contributed by atoms with Crippen LogP contribution < -0.4 is 0 Å². The van der Waals surface area contributed by atoms with E-state index in [-0.39, 0.29) is 15.9 Å². The molecule has 0 aromatic heterocycles. The molecule has 0 aromatic carbocycles. The van der Waals surface area contributed by atoms with Crippen LogP contribution in [0.1, 0.15) is 26.7 Å². The molecule has 5 heteroatoms. The van der Waals surface area contributed by atoms with Gasteiger partial charge in [0.05, 0.1) is 23.7 Å². The molecule has 2 saturated heterocycles. The van der Waals surface area contributed by atoms with E-state index in [1.54, 1.807) is 0 Å². The number of ether oxygens (including phenoxy) is 2. The minimum atomic E-state index is -2.76. The van der Waals surface area contributed by atoms with Crippen molar-refractivity contribution in [2.75, 3.05) is 13.2 Å². The van der Waals surface area contributed by atoms with Crippen LogP contribution in [-0.4, -0.2) is 37.9 Å². The van der Waals surface area contributed by atoms with Crippen molar-refractivity contribution in [3.8, 4) is 0 Å². The van der Waals surface area contributed by atoms with Gasteiger partial charge >= 0.3 is 0 Å². The topological polar surface area (TPSA) is 52.6 Å². The van der Waals surface area contributed by atoms with Crippen LogP contribution in [0.4, 0.5) is 0 Å². The van der Waals surface area contributed by atoms with E-state index in [2.05, 4.69) is 13.8 Å². The summed E-state index contributed by atoms with van der Waals surface area (Å²) < 4.78 is 34.2. The predicted octanol–water partition coefficient (Wildman–Crippen LogP) is 0.715. The first kappa shape index (κ1) is 10.1. The third-order valence-corrected chi connectivity index (χ3v) is 6.02. The van der Waals surface area contributed by atoms with Crippen LogP contribution >= 0.6 is 0 Å². The lowest BCUT2D eigenvalue weighted by molar-refractivity contribution is -0.294. The molecular formula is C10H16O4S. The SMILES string of the molecule is CC1(C)COC2(CC3C(C2)S3(=O)=O)OC1. The summed E-state index contributed by atoms with van der Waals surface area (Å²) in [6, 6.07) is 0. The van der Waals surface area contributed by atoms with Crippen molar-refractivity contribution in [2.45, 2.75) is 43.0 Å². The van der Waals surface area contributed by atoms with Gasteiger partial charge in [0.2, 0.25) is 0 Å². The predicted molar refractivity (Wildman–Crippen MR) is 54.1 cm³/mol. The summed E-state index contributed by atoms with van der Waals surface area (Å²) in [4.78, 5) is 0. The average Bonchev–Trinajstić information content (AvgIpc) is 2.56. The first-order chi connectivity index (χ1) is 6.85. The van der Waals surface area contributed by atoms with E-state index < -0.39 is 15.6 Å². The maximum Gasteiger partial charge on any atom is 0.170 e. The molecule has 2 aliphatic heterocycles. The smallest absolute Gasteiger partial charge is 0.170 e. The van der Waals surface area contributed by atoms with Gasteiger partial charge in [-0.25, -0.2) is 8.42 Å². The summed E-state index contributed by atoms with van der Waals surface area (Å²) in [5.74, 6) is -0.573. The quantitative estimate of drug-likeness (QED) is 0.577. The van der Waals surface area contributed by atoms with Gasteiger partial charge < -0.3 is 9.47 Å². The van der Waals surface area contributed by atoms with Crippen molar-refractivity contribution in [3.63, 3.8) is 0 Å². The summed E-state index contributed by atoms with van der Waals surface area (Å²) in [6.07, 6.45) is 1.08. The molecule has 2 unspecified atom stereocenters. The summed E-state index contributed by atoms with van der Waals surface area (Å²) in [5, 5.41) is -0.363. The van der Waals surface area contributed by atoms with Gasteiger partial charge in [-0.05, 0) is 0 Å². The van der Waals surface area contributed by atoms with Gasteiger partial charge in [-0.1, -0.05) is 13.8 Å². The normalized spacial score (nSPS) is 43.9. The van der Waals surface area contributed by atoms with Crippen LogP contribution in [0.25, 0.3) is 0 Å². The second-order valence-electron chi connectivity index (χ2n) is 5.73. The van der Waals surface area contributed by atoms with Gasteiger partial charge in [0.15, 0.2) is 15.6 Å². The summed E-state index contributed by atoms with van der Waals surface area (Å²) in [5.41, 5.74) is 0.0525. The van der Waals surface area contributed by atoms with Crippen molar-refractivity contribution < 1.29 is 17.9 Å². The van der Waals surface area contributed by atoms with Crippen molar-refractivity contribution in [3.05, 3.63) is 0 Å². The molecule has 3 fully saturated rings. The molecule has 0 amide bonds. The van der Waals surface area contributed by atoms with Gasteiger partial charge in [0, 0.05) is 18.3 Å². The number of hydrogen-bond donors (Lipinski definition) is 0. The number of fused-ring (bicyclic) bond motifs is 1. The van der Waals surface area contributed by atoms with E-state index in [9.17, 15) is 8.42 Å². The minimum Gasteiger partial charge on any atom is -0.349 e. The van der Waals surface area contributed by atoms with E-state index in [0.29, 0.717) is 26.1 Å². The maximum absolute atomic E-state index is 11.3. The Morgan fingerprint density at radius 1 is 1.07 bits per heavy atom. The van der Waals surface area contributed by atoms with Crippen LogP contribution in [0.3, 0.4) is 0 Å². The van der Waals surface area contributed by atoms with E-state index in [0.717, 1.165) is 0 Å². The van der Waals surface area contributed by atoms with Crippen molar-refractivity contribution in [1.29, 1.82) is 0 Å². The first-order valence-corrected chi connectivity index (χ1v) is 6.96. The lowest BCUT2D eigenvalue weighted by Crippen LogP contribution is -2.47. The average molecular weight is 232 g/mol. The zero-order valence-corrected chi connectivity index (χ0v) is 9.84. The third kappa shape index (κ3) is 1.36. The molecule has 3 rings (SSSR count). The second-order valence-corrected chi connectivity index (χ2v) is 8.12. The Morgan fingerprint density at radius 3 is 2.00 bits per heavy atom. The zero-order valence-electron chi connectivity index (χ0n) is 9.02. The Bertz CT molecular complexity index is 368. The fourth-order valence-corrected chi connectivity index (χ4v) is 4.75. The van der Waals surface area contributed by atoms with Crippen LogP contribution in [-0.2, 0) is 19.3 Å². The van der Waals surface area contributed by atoms with Crippen LogP contribution in [0.5, 0.6) is 0 Å². The molecule has 2 heterocycles. The Balaban J connectivity index is 1.72. The van der Waals surface area contributed by atoms with Crippen molar-refractivity contribution >= 4 is 9.84 Å². The lowest BCUT2D eigenvalue weighted by atomic mass is 9.94. The molecule has 15 heavy (non-hydrogen) atoms. The van der Waals surface area contributed by atoms with Crippen LogP contribution in [0, 0.1) is 5.41 Å². The molecule has 0 bridgehead atoms. The van der Waals surface area contributed by atoms with E-state index in [1.807, 2.05) is 0 Å². The highest BCUT2D eigenvalue weighted by Crippen LogP contribution is 2.54.